The van der Waals surface area contributed by atoms with E-state index in [0.717, 1.165) is 10.9 Å². The fraction of sp³-hybridized carbons (Fsp3) is 0. The molecule has 122 valence electrons. The quantitative estimate of drug-likeness (QED) is 0.540. The average molecular weight is 351 g/mol. The van der Waals surface area contributed by atoms with Crippen LogP contribution in [0.25, 0.3) is 21.8 Å². The molecule has 0 bridgehead atoms. The van der Waals surface area contributed by atoms with Crippen LogP contribution in [0.2, 0.25) is 5.02 Å². The summed E-state index contributed by atoms with van der Waals surface area (Å²) >= 11 is 5.87. The number of nitrogens with one attached hydrogen (secondary N) is 1. The number of hydrogen-bond acceptors (Lipinski definition) is 3. The number of para-hydroxylation sites is 1. The average Bonchev–Trinajstić information content (AvgIpc) is 2.99. The lowest BCUT2D eigenvalue weighted by atomic mass is 10.0. The number of carbonyl (C=O) groups is 2. The lowest BCUT2D eigenvalue weighted by molar-refractivity contribution is 0.0690. The highest BCUT2D eigenvalue weighted by Gasteiger charge is 2.20. The van der Waals surface area contributed by atoms with Crippen LogP contribution >= 0.6 is 11.6 Å². The maximum atomic E-state index is 12.9. The number of pyridine rings is 1. The molecule has 25 heavy (non-hydrogen) atoms. The van der Waals surface area contributed by atoms with E-state index in [1.165, 1.54) is 6.07 Å². The minimum atomic E-state index is -1.18. The topological polar surface area (TPSA) is 83.0 Å². The Morgan fingerprint density at radius 1 is 1.00 bits per heavy atom. The molecule has 0 saturated heterocycles. The molecule has 0 spiro atoms. The Morgan fingerprint density at radius 2 is 1.72 bits per heavy atom. The lowest BCUT2D eigenvalue weighted by Gasteiger charge is -2.05. The molecule has 0 radical (unpaired) electrons. The maximum Gasteiger partial charge on any atom is 0.354 e. The molecule has 4 aromatic rings. The summed E-state index contributed by atoms with van der Waals surface area (Å²) in [4.78, 5) is 31.6. The fourth-order valence-electron chi connectivity index (χ4n) is 2.86. The Morgan fingerprint density at radius 3 is 2.44 bits per heavy atom. The van der Waals surface area contributed by atoms with Crippen LogP contribution < -0.4 is 0 Å². The van der Waals surface area contributed by atoms with E-state index in [2.05, 4.69) is 9.97 Å². The molecular weight excluding hydrogens is 340 g/mol. The minimum absolute atomic E-state index is 0.0772. The van der Waals surface area contributed by atoms with E-state index < -0.39 is 5.97 Å². The molecular formula is C19H11ClN2O3. The van der Waals surface area contributed by atoms with Crippen LogP contribution in [0, 0.1) is 0 Å². The van der Waals surface area contributed by atoms with Gasteiger partial charge in [-0.3, -0.25) is 4.79 Å². The zero-order valence-electron chi connectivity index (χ0n) is 12.8. The highest BCUT2D eigenvalue weighted by Crippen LogP contribution is 2.29. The van der Waals surface area contributed by atoms with Crippen molar-refractivity contribution in [3.63, 3.8) is 0 Å². The van der Waals surface area contributed by atoms with Gasteiger partial charge in [-0.2, -0.15) is 0 Å². The smallest absolute Gasteiger partial charge is 0.354 e. The SMILES string of the molecule is O=C(O)c1cc2c([nH]c3ccccc32)c(C(=O)c2ccc(Cl)cc2)n1. The van der Waals surface area contributed by atoms with Gasteiger partial charge < -0.3 is 10.1 Å². The highest BCUT2D eigenvalue weighted by atomic mass is 35.5. The zero-order valence-corrected chi connectivity index (χ0v) is 13.5. The first-order valence-corrected chi connectivity index (χ1v) is 7.87. The summed E-state index contributed by atoms with van der Waals surface area (Å²) in [5.41, 5.74) is 1.63. The minimum Gasteiger partial charge on any atom is -0.477 e. The van der Waals surface area contributed by atoms with Gasteiger partial charge in [-0.1, -0.05) is 29.8 Å². The third-order valence-electron chi connectivity index (χ3n) is 4.04. The number of ketones is 1. The van der Waals surface area contributed by atoms with Crippen molar-refractivity contribution in [3.8, 4) is 0 Å². The van der Waals surface area contributed by atoms with E-state index in [1.807, 2.05) is 24.3 Å². The molecule has 0 fully saturated rings. The number of fused-ring (bicyclic) bond motifs is 3. The van der Waals surface area contributed by atoms with Crippen molar-refractivity contribution in [3.05, 3.63) is 76.6 Å². The van der Waals surface area contributed by atoms with Crippen molar-refractivity contribution in [2.75, 3.05) is 0 Å². The molecule has 2 N–H and O–H groups in total. The molecule has 5 nitrogen and oxygen atoms in total. The molecule has 6 heteroatoms. The van der Waals surface area contributed by atoms with Gasteiger partial charge in [0.2, 0.25) is 5.78 Å². The number of hydrogen-bond donors (Lipinski definition) is 2. The largest absolute Gasteiger partial charge is 0.477 e. The summed E-state index contributed by atoms with van der Waals surface area (Å²) in [5.74, 6) is -1.55. The first-order chi connectivity index (χ1) is 12.0. The monoisotopic (exact) mass is 350 g/mol. The third kappa shape index (κ3) is 2.55. The van der Waals surface area contributed by atoms with Gasteiger partial charge in [0.1, 0.15) is 11.4 Å². The van der Waals surface area contributed by atoms with Gasteiger partial charge in [-0.15, -0.1) is 0 Å². The van der Waals surface area contributed by atoms with E-state index in [1.54, 1.807) is 24.3 Å². The third-order valence-corrected chi connectivity index (χ3v) is 4.29. The summed E-state index contributed by atoms with van der Waals surface area (Å²) in [7, 11) is 0. The molecule has 2 heterocycles. The number of benzene rings is 2. The first kappa shape index (κ1) is 15.4. The number of aromatic amines is 1. The molecule has 4 rings (SSSR count). The van der Waals surface area contributed by atoms with Crippen LogP contribution in [0.3, 0.4) is 0 Å². The number of rotatable bonds is 3. The summed E-state index contributed by atoms with van der Waals surface area (Å²) < 4.78 is 0. The van der Waals surface area contributed by atoms with Gasteiger partial charge in [0, 0.05) is 26.9 Å². The van der Waals surface area contributed by atoms with Crippen molar-refractivity contribution < 1.29 is 14.7 Å². The summed E-state index contributed by atoms with van der Waals surface area (Å²) in [6.45, 7) is 0. The summed E-state index contributed by atoms with van der Waals surface area (Å²) in [5, 5.41) is 11.4. The number of carboxylic acids is 1. The Labute approximate surface area is 146 Å². The standard InChI is InChI=1S/C19H11ClN2O3/c20-11-7-5-10(6-8-11)18(23)17-16-13(9-15(22-17)19(24)25)12-3-1-2-4-14(12)21-16/h1-9,21H,(H,24,25). The van der Waals surface area contributed by atoms with E-state index in [9.17, 15) is 14.7 Å². The Hall–Kier alpha value is -3.18. The van der Waals surface area contributed by atoms with Crippen LogP contribution in [0.4, 0.5) is 0 Å². The van der Waals surface area contributed by atoms with Crippen LogP contribution in [-0.4, -0.2) is 26.8 Å². The number of aromatic nitrogens is 2. The number of halogens is 1. The van der Waals surface area contributed by atoms with Crippen LogP contribution in [0.15, 0.2) is 54.6 Å². The molecule has 0 saturated carbocycles. The van der Waals surface area contributed by atoms with Crippen LogP contribution in [0.5, 0.6) is 0 Å². The van der Waals surface area contributed by atoms with Crippen molar-refractivity contribution in [1.82, 2.24) is 9.97 Å². The number of carbonyl (C=O) groups excluding carboxylic acids is 1. The fourth-order valence-corrected chi connectivity index (χ4v) is 2.98. The van der Waals surface area contributed by atoms with Gasteiger partial charge >= 0.3 is 5.97 Å². The molecule has 0 aliphatic carbocycles. The van der Waals surface area contributed by atoms with Gasteiger partial charge in [-0.25, -0.2) is 9.78 Å². The van der Waals surface area contributed by atoms with Crippen molar-refractivity contribution in [1.29, 1.82) is 0 Å². The molecule has 2 aromatic carbocycles. The van der Waals surface area contributed by atoms with Gasteiger partial charge in [0.15, 0.2) is 0 Å². The summed E-state index contributed by atoms with van der Waals surface area (Å²) in [6, 6.07) is 15.3. The first-order valence-electron chi connectivity index (χ1n) is 7.49. The Kier molecular flexibility index (Phi) is 3.51. The number of H-pyrrole nitrogens is 1. The number of aromatic carboxylic acids is 1. The molecule has 2 aromatic heterocycles. The lowest BCUT2D eigenvalue weighted by Crippen LogP contribution is -2.10. The number of carboxylic acid groups (broad SMARTS) is 1. The normalized spacial score (nSPS) is 11.1. The van der Waals surface area contributed by atoms with Crippen molar-refractivity contribution in [2.24, 2.45) is 0 Å². The van der Waals surface area contributed by atoms with Crippen molar-refractivity contribution in [2.45, 2.75) is 0 Å². The van der Waals surface area contributed by atoms with Gasteiger partial charge in [0.25, 0.3) is 0 Å². The van der Waals surface area contributed by atoms with E-state index in [-0.39, 0.29) is 17.2 Å². The van der Waals surface area contributed by atoms with Crippen LogP contribution in [0.1, 0.15) is 26.5 Å². The summed E-state index contributed by atoms with van der Waals surface area (Å²) in [6.07, 6.45) is 0. The predicted molar refractivity (Wildman–Crippen MR) is 95.4 cm³/mol. The highest BCUT2D eigenvalue weighted by molar-refractivity contribution is 6.30. The Balaban J connectivity index is 2.02. The molecule has 0 amide bonds. The zero-order chi connectivity index (χ0) is 17.6. The van der Waals surface area contributed by atoms with Gasteiger partial charge in [-0.05, 0) is 36.4 Å². The van der Waals surface area contributed by atoms with Gasteiger partial charge in [0.05, 0.1) is 5.52 Å². The second-order valence-corrected chi connectivity index (χ2v) is 6.03. The molecule has 0 aliphatic rings. The van der Waals surface area contributed by atoms with E-state index in [4.69, 9.17) is 11.6 Å². The second-order valence-electron chi connectivity index (χ2n) is 5.59. The van der Waals surface area contributed by atoms with E-state index >= 15 is 0 Å². The maximum absolute atomic E-state index is 12.9. The molecule has 0 aliphatic heterocycles. The molecule has 0 unspecified atom stereocenters. The van der Waals surface area contributed by atoms with E-state index in [0.29, 0.717) is 21.5 Å². The molecule has 0 atom stereocenters. The Bertz CT molecular complexity index is 1150. The second kappa shape index (κ2) is 5.72. The van der Waals surface area contributed by atoms with Crippen LogP contribution in [-0.2, 0) is 0 Å². The van der Waals surface area contributed by atoms with Crippen molar-refractivity contribution >= 4 is 45.2 Å². The number of nitrogens with zero attached hydrogens (tertiary/aromatic N) is 1. The predicted octanol–water partition coefficient (Wildman–Crippen LogP) is 4.30.